The number of aliphatic carboxylic acids is 1. The molecule has 18 heavy (non-hydrogen) atoms. The van der Waals surface area contributed by atoms with E-state index in [1.165, 1.54) is 33.4 Å². The molecule has 2 aliphatic rings. The van der Waals surface area contributed by atoms with Gasteiger partial charge in [-0.1, -0.05) is 17.7 Å². The third-order valence-electron chi connectivity index (χ3n) is 2.69. The third-order valence-corrected chi connectivity index (χ3v) is 6.73. The monoisotopic (exact) mass is 305 g/mol. The number of carboxylic acids is 1. The molecule has 0 aromatic rings. The molecule has 5 nitrogen and oxygen atoms in total. The number of carboxylic acid groups (broad SMARTS) is 1. The smallest absolute Gasteiger partial charge is 0.354 e. The van der Waals surface area contributed by atoms with Crippen molar-refractivity contribution < 1.29 is 19.5 Å². The van der Waals surface area contributed by atoms with Crippen LogP contribution in [0.4, 0.5) is 0 Å². The van der Waals surface area contributed by atoms with Crippen LogP contribution in [-0.2, 0) is 14.4 Å². The molecule has 0 saturated carbocycles. The van der Waals surface area contributed by atoms with Gasteiger partial charge in [-0.3, -0.25) is 14.5 Å². The fourth-order valence-corrected chi connectivity index (χ4v) is 6.20. The number of hydrogen-bond acceptors (Lipinski definition) is 6. The Bertz CT molecular complexity index is 462. The topological polar surface area (TPSA) is 74.7 Å². The summed E-state index contributed by atoms with van der Waals surface area (Å²) in [5, 5.41) is 8.92. The maximum Gasteiger partial charge on any atom is 0.354 e. The van der Waals surface area contributed by atoms with Crippen molar-refractivity contribution >= 4 is 50.3 Å². The highest BCUT2D eigenvalue weighted by Gasteiger charge is 2.53. The minimum absolute atomic E-state index is 0.0429. The third kappa shape index (κ3) is 2.17. The summed E-state index contributed by atoms with van der Waals surface area (Å²) in [6, 6.07) is 0. The lowest BCUT2D eigenvalue weighted by molar-refractivity contribution is -0.152. The molecular formula is C10H11NO4S3. The number of thioether (sulfide) groups is 1. The van der Waals surface area contributed by atoms with E-state index < -0.39 is 5.97 Å². The van der Waals surface area contributed by atoms with E-state index in [-0.39, 0.29) is 28.0 Å². The molecule has 0 aromatic heterocycles. The fourth-order valence-electron chi connectivity index (χ4n) is 1.86. The van der Waals surface area contributed by atoms with E-state index in [1.54, 1.807) is 0 Å². The van der Waals surface area contributed by atoms with Gasteiger partial charge in [0.05, 0.1) is 10.2 Å². The van der Waals surface area contributed by atoms with Gasteiger partial charge in [0.1, 0.15) is 5.37 Å². The number of nitrogens with zero attached hydrogens (tertiary/aromatic N) is 1. The zero-order valence-corrected chi connectivity index (χ0v) is 12.2. The van der Waals surface area contributed by atoms with E-state index in [1.807, 2.05) is 6.92 Å². The van der Waals surface area contributed by atoms with Crippen LogP contribution >= 0.6 is 33.3 Å². The maximum atomic E-state index is 11.9. The molecule has 2 heterocycles. The van der Waals surface area contributed by atoms with Gasteiger partial charge < -0.3 is 5.11 Å². The van der Waals surface area contributed by atoms with Crippen molar-refractivity contribution in [3.63, 3.8) is 0 Å². The lowest BCUT2D eigenvalue weighted by Crippen LogP contribution is -2.60. The Morgan fingerprint density at radius 2 is 2.17 bits per heavy atom. The standard InChI is InChI=1S/C10H11NO4S3/c1-3-5-7(13)11-6(9(14)15)10(16-4(2)12)18-17-8(5)11/h5,8H,3H2,1-2H3,(H,14,15). The number of hydrogen-bond donors (Lipinski definition) is 1. The number of rotatable bonds is 3. The summed E-state index contributed by atoms with van der Waals surface area (Å²) in [7, 11) is 2.72. The van der Waals surface area contributed by atoms with Crippen LogP contribution < -0.4 is 0 Å². The highest BCUT2D eigenvalue weighted by atomic mass is 33.1. The van der Waals surface area contributed by atoms with Crippen LogP contribution in [0.2, 0.25) is 0 Å². The van der Waals surface area contributed by atoms with Gasteiger partial charge in [0.25, 0.3) is 0 Å². The van der Waals surface area contributed by atoms with Crippen LogP contribution in [0.5, 0.6) is 0 Å². The first kappa shape index (κ1) is 13.8. The van der Waals surface area contributed by atoms with Gasteiger partial charge >= 0.3 is 5.97 Å². The largest absolute Gasteiger partial charge is 0.477 e. The van der Waals surface area contributed by atoms with Crippen LogP contribution in [0, 0.1) is 5.92 Å². The molecule has 1 amide bonds. The van der Waals surface area contributed by atoms with Crippen molar-refractivity contribution in [2.45, 2.75) is 25.6 Å². The highest BCUT2D eigenvalue weighted by Crippen LogP contribution is 2.55. The number of amides is 1. The zero-order valence-electron chi connectivity index (χ0n) is 9.71. The summed E-state index contributed by atoms with van der Waals surface area (Å²) >= 11 is 0.870. The molecular weight excluding hydrogens is 294 g/mol. The van der Waals surface area contributed by atoms with E-state index in [0.717, 1.165) is 11.8 Å². The molecule has 0 spiro atoms. The summed E-state index contributed by atoms with van der Waals surface area (Å²) in [6.45, 7) is 3.29. The van der Waals surface area contributed by atoms with Crippen LogP contribution in [-0.4, -0.2) is 32.4 Å². The minimum atomic E-state index is -1.15. The first-order chi connectivity index (χ1) is 8.47. The van der Waals surface area contributed by atoms with Crippen molar-refractivity contribution in [2.24, 2.45) is 5.92 Å². The average Bonchev–Trinajstić information content (AvgIpc) is 2.28. The Hall–Kier alpha value is -0.600. The second kappa shape index (κ2) is 5.18. The number of carbonyl (C=O) groups excluding carboxylic acids is 2. The van der Waals surface area contributed by atoms with E-state index in [0.29, 0.717) is 10.7 Å². The van der Waals surface area contributed by atoms with E-state index in [2.05, 4.69) is 0 Å². The fraction of sp³-hybridized carbons (Fsp3) is 0.500. The molecule has 2 atom stereocenters. The molecule has 2 unspecified atom stereocenters. The Balaban J connectivity index is 2.33. The summed E-state index contributed by atoms with van der Waals surface area (Å²) in [4.78, 5) is 35.6. The van der Waals surface area contributed by atoms with Crippen LogP contribution in [0.25, 0.3) is 0 Å². The second-order valence-corrected chi connectivity index (χ2v) is 7.60. The maximum absolute atomic E-state index is 11.9. The predicted molar refractivity (Wildman–Crippen MR) is 72.5 cm³/mol. The van der Waals surface area contributed by atoms with Crippen LogP contribution in [0.15, 0.2) is 9.93 Å². The van der Waals surface area contributed by atoms with E-state index in [4.69, 9.17) is 0 Å². The van der Waals surface area contributed by atoms with Gasteiger partial charge in [-0.25, -0.2) is 4.79 Å². The van der Waals surface area contributed by atoms with Crippen molar-refractivity contribution in [1.29, 1.82) is 0 Å². The molecule has 0 aliphatic carbocycles. The molecule has 2 rings (SSSR count). The predicted octanol–water partition coefficient (Wildman–Crippen LogP) is 2.11. The van der Waals surface area contributed by atoms with Crippen molar-refractivity contribution in [1.82, 2.24) is 4.90 Å². The minimum Gasteiger partial charge on any atom is -0.477 e. The molecule has 8 heteroatoms. The zero-order chi connectivity index (χ0) is 13.4. The van der Waals surface area contributed by atoms with E-state index >= 15 is 0 Å². The molecule has 0 radical (unpaired) electrons. The van der Waals surface area contributed by atoms with Gasteiger partial charge in [-0.15, -0.1) is 0 Å². The molecule has 2 aliphatic heterocycles. The summed E-state index contributed by atoms with van der Waals surface area (Å²) in [6.07, 6.45) is 0.704. The number of carbonyl (C=O) groups is 3. The molecule has 0 bridgehead atoms. The van der Waals surface area contributed by atoms with Crippen LogP contribution in [0.1, 0.15) is 20.3 Å². The first-order valence-corrected chi connectivity index (χ1v) is 8.32. The van der Waals surface area contributed by atoms with Crippen molar-refractivity contribution in [2.75, 3.05) is 0 Å². The summed E-state index contributed by atoms with van der Waals surface area (Å²) in [5.74, 6) is -1.42. The molecule has 1 N–H and O–H groups in total. The molecule has 1 fully saturated rings. The normalized spacial score (nSPS) is 26.8. The lowest BCUT2D eigenvalue weighted by atomic mass is 9.94. The van der Waals surface area contributed by atoms with E-state index in [9.17, 15) is 19.5 Å². The lowest BCUT2D eigenvalue weighted by Gasteiger charge is -2.48. The van der Waals surface area contributed by atoms with Gasteiger partial charge in [-0.05, 0) is 29.0 Å². The molecule has 98 valence electrons. The van der Waals surface area contributed by atoms with Gasteiger partial charge in [0.15, 0.2) is 10.8 Å². The molecule has 0 aromatic carbocycles. The van der Waals surface area contributed by atoms with Gasteiger partial charge in [0.2, 0.25) is 5.91 Å². The van der Waals surface area contributed by atoms with Gasteiger partial charge in [-0.2, -0.15) is 0 Å². The quantitative estimate of drug-likeness (QED) is 0.632. The van der Waals surface area contributed by atoms with Gasteiger partial charge in [0, 0.05) is 6.92 Å². The van der Waals surface area contributed by atoms with Crippen molar-refractivity contribution in [3.8, 4) is 0 Å². The Morgan fingerprint density at radius 1 is 1.50 bits per heavy atom. The first-order valence-electron chi connectivity index (χ1n) is 5.29. The Kier molecular flexibility index (Phi) is 3.98. The Labute approximate surface area is 116 Å². The summed E-state index contributed by atoms with van der Waals surface area (Å²) < 4.78 is 0.388. The average molecular weight is 305 g/mol. The second-order valence-electron chi connectivity index (χ2n) is 3.83. The SMILES string of the molecule is CCC1C(=O)N2C(C(=O)O)=C(SC(C)=O)SSC12. The number of β-lactam (4-membered cyclic amide) rings is 1. The van der Waals surface area contributed by atoms with Crippen molar-refractivity contribution in [3.05, 3.63) is 9.93 Å². The van der Waals surface area contributed by atoms with Crippen LogP contribution in [0.3, 0.4) is 0 Å². The number of fused-ring (bicyclic) bond motifs is 1. The highest BCUT2D eigenvalue weighted by molar-refractivity contribution is 8.80. The Morgan fingerprint density at radius 3 is 2.67 bits per heavy atom. The molecule has 1 saturated heterocycles. The summed E-state index contributed by atoms with van der Waals surface area (Å²) in [5.41, 5.74) is -0.0429.